The van der Waals surface area contributed by atoms with E-state index in [1.807, 2.05) is 36.0 Å². The Balaban J connectivity index is 1.45. The van der Waals surface area contributed by atoms with Crippen LogP contribution in [0.25, 0.3) is 10.9 Å². The van der Waals surface area contributed by atoms with Gasteiger partial charge in [0.2, 0.25) is 0 Å². The highest BCUT2D eigenvalue weighted by Crippen LogP contribution is 2.30. The van der Waals surface area contributed by atoms with Crippen LogP contribution in [0.3, 0.4) is 0 Å². The van der Waals surface area contributed by atoms with Crippen molar-refractivity contribution >= 4 is 57.5 Å². The zero-order chi connectivity index (χ0) is 19.5. The van der Waals surface area contributed by atoms with Crippen LogP contribution in [0.1, 0.15) is 28.9 Å². The molecule has 2 aromatic carbocycles. The van der Waals surface area contributed by atoms with Crippen LogP contribution >= 0.6 is 35.0 Å². The molecule has 3 aromatic rings. The first-order valence-electron chi connectivity index (χ1n) is 9.16. The predicted octanol–water partition coefficient (Wildman–Crippen LogP) is 6.14. The number of hydrogen-bond acceptors (Lipinski definition) is 3. The van der Waals surface area contributed by atoms with Gasteiger partial charge in [-0.2, -0.15) is 11.8 Å². The molecule has 0 aliphatic carbocycles. The second-order valence-electron chi connectivity index (χ2n) is 6.78. The number of carbonyl (C=O) groups is 1. The molecular formula is C21H20Cl2N2O2S. The van der Waals surface area contributed by atoms with E-state index in [9.17, 15) is 4.79 Å². The van der Waals surface area contributed by atoms with E-state index in [0.717, 1.165) is 48.4 Å². The molecule has 0 bridgehead atoms. The number of amides is 1. The maximum atomic E-state index is 12.7. The fourth-order valence-electron chi connectivity index (χ4n) is 3.28. The lowest BCUT2D eigenvalue weighted by Gasteiger charge is -2.21. The monoisotopic (exact) mass is 434 g/mol. The van der Waals surface area contributed by atoms with Crippen LogP contribution in [0.2, 0.25) is 10.0 Å². The summed E-state index contributed by atoms with van der Waals surface area (Å²) >= 11 is 14.4. The minimum atomic E-state index is -0.272. The van der Waals surface area contributed by atoms with Crippen LogP contribution < -0.4 is 5.32 Å². The van der Waals surface area contributed by atoms with Crippen molar-refractivity contribution < 1.29 is 9.53 Å². The fraction of sp³-hybridized carbons (Fsp3) is 0.286. The summed E-state index contributed by atoms with van der Waals surface area (Å²) in [6.07, 6.45) is 2.20. The molecule has 4 nitrogen and oxygen atoms in total. The highest BCUT2D eigenvalue weighted by molar-refractivity contribution is 7.99. The molecule has 2 N–H and O–H groups in total. The second-order valence-corrected chi connectivity index (χ2v) is 8.88. The first kappa shape index (κ1) is 19.6. The molecular weight excluding hydrogens is 415 g/mol. The summed E-state index contributed by atoms with van der Waals surface area (Å²) in [5, 5.41) is 5.27. The number of carbonyl (C=O) groups excluding carboxylic acids is 1. The van der Waals surface area contributed by atoms with E-state index in [1.165, 1.54) is 5.56 Å². The van der Waals surface area contributed by atoms with E-state index in [2.05, 4.69) is 16.4 Å². The molecule has 0 unspecified atom stereocenters. The van der Waals surface area contributed by atoms with Gasteiger partial charge in [0, 0.05) is 45.8 Å². The van der Waals surface area contributed by atoms with Gasteiger partial charge in [-0.05, 0) is 48.7 Å². The van der Waals surface area contributed by atoms with E-state index in [4.69, 9.17) is 27.9 Å². The number of halogens is 2. The number of aromatic nitrogens is 1. The Bertz CT molecular complexity index is 999. The number of aromatic amines is 1. The zero-order valence-corrected chi connectivity index (χ0v) is 17.5. The van der Waals surface area contributed by atoms with Crippen LogP contribution in [0, 0.1) is 0 Å². The summed E-state index contributed by atoms with van der Waals surface area (Å²) in [6, 6.07) is 13.3. The van der Waals surface area contributed by atoms with Crippen molar-refractivity contribution in [3.63, 3.8) is 0 Å². The molecule has 28 heavy (non-hydrogen) atoms. The number of anilines is 1. The lowest BCUT2D eigenvalue weighted by Crippen LogP contribution is -2.17. The molecule has 0 spiro atoms. The third kappa shape index (κ3) is 4.49. The number of ether oxygens (including phenoxy) is 1. The van der Waals surface area contributed by atoms with Gasteiger partial charge in [0.05, 0.1) is 5.02 Å². The molecule has 0 atom stereocenters. The van der Waals surface area contributed by atoms with Gasteiger partial charge in [0.25, 0.3) is 5.91 Å². The Morgan fingerprint density at radius 3 is 2.82 bits per heavy atom. The van der Waals surface area contributed by atoms with Gasteiger partial charge in [-0.15, -0.1) is 0 Å². The Morgan fingerprint density at radius 2 is 2.00 bits per heavy atom. The van der Waals surface area contributed by atoms with Gasteiger partial charge in [-0.1, -0.05) is 35.3 Å². The maximum absolute atomic E-state index is 12.7. The van der Waals surface area contributed by atoms with E-state index in [-0.39, 0.29) is 5.91 Å². The fourth-order valence-corrected chi connectivity index (χ4v) is 4.87. The smallest absolute Gasteiger partial charge is 0.273 e. The van der Waals surface area contributed by atoms with Crippen LogP contribution in [-0.4, -0.2) is 29.4 Å². The third-order valence-electron chi connectivity index (χ3n) is 4.76. The van der Waals surface area contributed by atoms with Crippen LogP contribution in [0.4, 0.5) is 5.69 Å². The van der Waals surface area contributed by atoms with Crippen molar-refractivity contribution in [2.75, 3.05) is 18.5 Å². The normalized spacial score (nSPS) is 15.1. The lowest BCUT2D eigenvalue weighted by molar-refractivity contribution is 0.0999. The van der Waals surface area contributed by atoms with Gasteiger partial charge >= 0.3 is 0 Å². The van der Waals surface area contributed by atoms with Crippen molar-refractivity contribution in [3.8, 4) is 0 Å². The molecule has 0 saturated carbocycles. The minimum Gasteiger partial charge on any atom is -0.381 e. The van der Waals surface area contributed by atoms with Gasteiger partial charge < -0.3 is 15.0 Å². The third-order valence-corrected chi connectivity index (χ3v) is 6.83. The molecule has 4 rings (SSSR count). The number of benzene rings is 2. The Morgan fingerprint density at radius 1 is 1.18 bits per heavy atom. The van der Waals surface area contributed by atoms with E-state index < -0.39 is 0 Å². The van der Waals surface area contributed by atoms with Crippen LogP contribution in [-0.2, 0) is 10.5 Å². The molecule has 7 heteroatoms. The maximum Gasteiger partial charge on any atom is 0.273 e. The van der Waals surface area contributed by atoms with Gasteiger partial charge in [-0.3, -0.25) is 4.79 Å². The number of fused-ring (bicyclic) bond motifs is 1. The van der Waals surface area contributed by atoms with Crippen molar-refractivity contribution in [2.24, 2.45) is 0 Å². The average molecular weight is 435 g/mol. The van der Waals surface area contributed by atoms with E-state index in [1.54, 1.807) is 12.1 Å². The summed E-state index contributed by atoms with van der Waals surface area (Å²) < 4.78 is 5.41. The molecule has 1 amide bonds. The molecule has 0 radical (unpaired) electrons. The van der Waals surface area contributed by atoms with Crippen molar-refractivity contribution in [2.45, 2.75) is 23.8 Å². The largest absolute Gasteiger partial charge is 0.381 e. The molecule has 1 aliphatic heterocycles. The number of H-pyrrole nitrogens is 1. The minimum absolute atomic E-state index is 0.272. The standard InChI is InChI=1S/C21H20Cl2N2O2S/c22-14-4-5-18-17(11-14)19(23)20(25-18)21(26)24-15-3-1-2-13(10-15)12-28-16-6-8-27-9-7-16/h1-5,10-11,16,25H,6-9,12H2,(H,24,26). The highest BCUT2D eigenvalue weighted by atomic mass is 35.5. The van der Waals surface area contributed by atoms with Crippen molar-refractivity contribution in [3.05, 3.63) is 63.8 Å². The van der Waals surface area contributed by atoms with Crippen LogP contribution in [0.5, 0.6) is 0 Å². The molecule has 1 fully saturated rings. The van der Waals surface area contributed by atoms with Gasteiger partial charge in [0.15, 0.2) is 0 Å². The summed E-state index contributed by atoms with van der Waals surface area (Å²) in [5.41, 5.74) is 3.05. The summed E-state index contributed by atoms with van der Waals surface area (Å²) in [4.78, 5) is 15.8. The quantitative estimate of drug-likeness (QED) is 0.506. The SMILES string of the molecule is O=C(Nc1cccc(CSC2CCOCC2)c1)c1[nH]c2ccc(Cl)cc2c1Cl. The number of nitrogens with one attached hydrogen (secondary N) is 2. The highest BCUT2D eigenvalue weighted by Gasteiger charge is 2.17. The van der Waals surface area contributed by atoms with E-state index >= 15 is 0 Å². The molecule has 1 aliphatic rings. The average Bonchev–Trinajstić information content (AvgIpc) is 3.04. The number of thioether (sulfide) groups is 1. The number of hydrogen-bond donors (Lipinski definition) is 2. The summed E-state index contributed by atoms with van der Waals surface area (Å²) in [7, 11) is 0. The summed E-state index contributed by atoms with van der Waals surface area (Å²) in [5.74, 6) is 0.645. The van der Waals surface area contributed by atoms with Gasteiger partial charge in [0.1, 0.15) is 5.69 Å². The van der Waals surface area contributed by atoms with Crippen molar-refractivity contribution in [1.29, 1.82) is 0 Å². The van der Waals surface area contributed by atoms with Crippen molar-refractivity contribution in [1.82, 2.24) is 4.98 Å². The Kier molecular flexibility index (Phi) is 6.16. The molecule has 146 valence electrons. The summed E-state index contributed by atoms with van der Waals surface area (Å²) in [6.45, 7) is 1.70. The topological polar surface area (TPSA) is 54.1 Å². The molecule has 1 saturated heterocycles. The molecule has 2 heterocycles. The Hall–Kier alpha value is -1.66. The Labute approximate surface area is 177 Å². The predicted molar refractivity (Wildman–Crippen MR) is 118 cm³/mol. The second kappa shape index (κ2) is 8.78. The lowest BCUT2D eigenvalue weighted by atomic mass is 10.2. The first-order valence-corrected chi connectivity index (χ1v) is 11.0. The van der Waals surface area contributed by atoms with Crippen LogP contribution in [0.15, 0.2) is 42.5 Å². The van der Waals surface area contributed by atoms with Gasteiger partial charge in [-0.25, -0.2) is 0 Å². The van der Waals surface area contributed by atoms with E-state index in [0.29, 0.717) is 21.0 Å². The first-order chi connectivity index (χ1) is 13.6. The molecule has 1 aromatic heterocycles. The number of rotatable bonds is 5. The zero-order valence-electron chi connectivity index (χ0n) is 15.1.